The van der Waals surface area contributed by atoms with E-state index in [2.05, 4.69) is 345 Å². The van der Waals surface area contributed by atoms with Crippen molar-refractivity contribution < 1.29 is 44.9 Å². The predicted molar refractivity (Wildman–Crippen MR) is 549 cm³/mol. The topological polar surface area (TPSA) is 150 Å². The normalized spacial score (nSPS) is 11.7. The van der Waals surface area contributed by atoms with Crippen molar-refractivity contribution in [1.29, 1.82) is 0 Å². The van der Waals surface area contributed by atoms with Crippen LogP contribution in [0, 0.1) is 104 Å². The second kappa shape index (κ2) is 33.7. The molecule has 15 aromatic heterocycles. The molecule has 10 aromatic carbocycles. The van der Waals surface area contributed by atoms with Crippen molar-refractivity contribution in [2.75, 3.05) is 0 Å². The Bertz CT molecular complexity index is 9280. The van der Waals surface area contributed by atoms with Crippen LogP contribution < -0.4 is 22.8 Å². The van der Waals surface area contributed by atoms with E-state index in [-0.39, 0.29) is 0 Å². The van der Waals surface area contributed by atoms with Crippen LogP contribution >= 0.6 is 0 Å². The zero-order valence-electron chi connectivity index (χ0n) is 80.0. The van der Waals surface area contributed by atoms with E-state index >= 15 is 0 Å². The van der Waals surface area contributed by atoms with Crippen molar-refractivity contribution in [3.05, 3.63) is 357 Å². The highest BCUT2D eigenvalue weighted by atomic mass is 16.4. The molecule has 25 rings (SSSR count). The van der Waals surface area contributed by atoms with Gasteiger partial charge >= 0.3 is 0 Å². The summed E-state index contributed by atoms with van der Waals surface area (Å²) in [6.45, 7) is 32.2. The maximum absolute atomic E-state index is 6.41. The number of pyridine rings is 10. The number of fused-ring (bicyclic) bond motifs is 20. The molecule has 0 bridgehead atoms. The monoisotopic (exact) mass is 1770 g/mol. The van der Waals surface area contributed by atoms with Gasteiger partial charge in [0.1, 0.15) is 35.2 Å². The molecule has 0 spiro atoms. The number of aromatic nitrogens is 10. The minimum absolute atomic E-state index is 0.696. The van der Waals surface area contributed by atoms with Crippen LogP contribution in [-0.4, -0.2) is 24.9 Å². The van der Waals surface area contributed by atoms with E-state index in [0.717, 1.165) is 193 Å². The highest BCUT2D eigenvalue weighted by Gasteiger charge is 2.31. The van der Waals surface area contributed by atoms with Gasteiger partial charge in [-0.2, -0.15) is 0 Å². The Balaban J connectivity index is 0.000000101. The molecule has 25 aromatic rings. The van der Waals surface area contributed by atoms with Gasteiger partial charge in [-0.25, -0.2) is 47.8 Å². The zero-order chi connectivity index (χ0) is 93.5. The first-order valence-electron chi connectivity index (χ1n) is 46.1. The lowest BCUT2D eigenvalue weighted by molar-refractivity contribution is -0.660. The molecule has 0 saturated heterocycles. The number of benzene rings is 10. The van der Waals surface area contributed by atoms with E-state index in [1.54, 1.807) is 0 Å². The summed E-state index contributed by atoms with van der Waals surface area (Å²) in [6, 6.07) is 84.7. The average Bonchev–Trinajstić information content (AvgIpc) is 1.62. The summed E-state index contributed by atoms with van der Waals surface area (Å²) < 4.78 is 42.7. The Kier molecular flexibility index (Phi) is 21.4. The van der Waals surface area contributed by atoms with Crippen LogP contribution in [0.1, 0.15) is 83.5 Å². The Morgan fingerprint density at radius 1 is 0.193 bits per heavy atom. The molecule has 15 nitrogen and oxygen atoms in total. The molecule has 15 heteroatoms. The van der Waals surface area contributed by atoms with Crippen molar-refractivity contribution in [3.8, 4) is 56.3 Å². The van der Waals surface area contributed by atoms with Crippen LogP contribution in [0.3, 0.4) is 0 Å². The van der Waals surface area contributed by atoms with Crippen molar-refractivity contribution in [2.45, 2.75) is 104 Å². The third kappa shape index (κ3) is 15.0. The molecule has 0 N–H and O–H groups in total. The Hall–Kier alpha value is -16.0. The molecule has 0 aliphatic heterocycles. The van der Waals surface area contributed by atoms with Crippen molar-refractivity contribution in [2.24, 2.45) is 35.2 Å². The van der Waals surface area contributed by atoms with Crippen molar-refractivity contribution in [3.63, 3.8) is 0 Å². The molecule has 0 atom stereocenters. The first-order valence-corrected chi connectivity index (χ1v) is 46.1. The molecule has 0 unspecified atom stereocenters. The number of para-hydroxylation sites is 5. The van der Waals surface area contributed by atoms with Gasteiger partial charge in [-0.1, -0.05) is 127 Å². The van der Waals surface area contributed by atoms with E-state index < -0.39 is 0 Å². The fourth-order valence-corrected chi connectivity index (χ4v) is 20.4. The van der Waals surface area contributed by atoms with Gasteiger partial charge in [0.05, 0.1) is 55.4 Å². The van der Waals surface area contributed by atoms with Crippen LogP contribution in [0.2, 0.25) is 0 Å². The Morgan fingerprint density at radius 3 is 0.867 bits per heavy atom. The van der Waals surface area contributed by atoms with Crippen LogP contribution in [0.5, 0.6) is 0 Å². The molecule has 0 aliphatic carbocycles. The number of hydrogen-bond donors (Lipinski definition) is 0. The fourth-order valence-electron chi connectivity index (χ4n) is 20.4. The van der Waals surface area contributed by atoms with Gasteiger partial charge in [-0.3, -0.25) is 0 Å². The summed E-state index contributed by atoms with van der Waals surface area (Å²) in [5, 5.41) is 16.8. The highest BCUT2D eigenvalue weighted by Crippen LogP contribution is 2.46. The molecule has 15 heterocycles. The lowest BCUT2D eigenvalue weighted by atomic mass is 9.96. The summed E-state index contributed by atoms with van der Waals surface area (Å²) in [4.78, 5) is 23.9. The number of aryl methyl sites for hydroxylation is 20. The Labute approximate surface area is 782 Å². The third-order valence-electron chi connectivity index (χ3n) is 27.3. The van der Waals surface area contributed by atoms with Crippen LogP contribution in [0.25, 0.3) is 221 Å². The predicted octanol–water partition coefficient (Wildman–Crippen LogP) is 27.8. The molecule has 0 fully saturated rings. The van der Waals surface area contributed by atoms with Gasteiger partial charge in [0.15, 0.2) is 58.9 Å². The molecular weight excluding hydrogens is 1660 g/mol. The highest BCUT2D eigenvalue weighted by molar-refractivity contribution is 6.18. The van der Waals surface area contributed by atoms with E-state index in [4.69, 9.17) is 47.0 Å². The molecule has 0 aliphatic rings. The number of hydrogen-bond acceptors (Lipinski definition) is 10. The molecule has 0 radical (unpaired) electrons. The van der Waals surface area contributed by atoms with Gasteiger partial charge < -0.3 is 22.1 Å². The van der Waals surface area contributed by atoms with Gasteiger partial charge in [0, 0.05) is 140 Å². The minimum Gasteiger partial charge on any atom is -0.437 e. The van der Waals surface area contributed by atoms with Crippen molar-refractivity contribution >= 4 is 165 Å². The summed E-state index contributed by atoms with van der Waals surface area (Å²) in [5.74, 6) is 0. The van der Waals surface area contributed by atoms with Gasteiger partial charge in [-0.15, -0.1) is 0 Å². The molecule has 0 amide bonds. The number of rotatable bonds is 5. The zero-order valence-corrected chi connectivity index (χ0v) is 80.0. The lowest BCUT2D eigenvalue weighted by Crippen LogP contribution is -2.31. The van der Waals surface area contributed by atoms with E-state index in [1.165, 1.54) is 83.5 Å². The van der Waals surface area contributed by atoms with E-state index in [0.29, 0.717) is 28.6 Å². The number of nitrogens with zero attached hydrogens (tertiary/aromatic N) is 10. The number of furan rings is 5. The SMILES string of the molecule is Cc1cc(-c2c(C)cc(C)c3c2oc2nc4ccccc4cc23)[n+](C)cc1C.Cc1cc(-c2c(C)ccc3c2oc2nc4ccccc4cc23)[n+](C)cc1C.Cc1cc(C)c2c(oc3nc4ccccc4cc32)c1-c1cccc[n+]1C.Cc1cc[n+](C)c(-c2c(C)cc(C)c3c2oc2nc4ccccc4cc23)c1.Cc1ccc(-c2c(C)cc(C)c3c2oc2nc4ccccc4cc23)[n+](C)c1. The first kappa shape index (κ1) is 85.8. The molecular formula is C120H105N10O5+5. The molecule has 135 heavy (non-hydrogen) atoms. The minimum atomic E-state index is 0.696. The summed E-state index contributed by atoms with van der Waals surface area (Å²) >= 11 is 0. The van der Waals surface area contributed by atoms with Crippen molar-refractivity contribution in [1.82, 2.24) is 24.9 Å². The lowest BCUT2D eigenvalue weighted by Gasteiger charge is -2.09. The van der Waals surface area contributed by atoms with Gasteiger partial charge in [0.2, 0.25) is 57.0 Å². The largest absolute Gasteiger partial charge is 0.437 e. The maximum Gasteiger partial charge on any atom is 0.227 e. The van der Waals surface area contributed by atoms with Crippen LogP contribution in [-0.2, 0) is 35.2 Å². The average molecular weight is 1770 g/mol. The molecule has 0 saturated carbocycles. The standard InChI is InChI=1S/C25H23N2O.3C24H21N2O.C23H19N2O/c1-14-11-21(27(5)13-17(14)4)23-16(3)10-15(2)22-19-12-18-8-6-7-9-20(18)26-25(19)28-24(22)23;1-14-9-10-18-19-12-17-7-5-6-8-20(17)25-24(19)27-23(18)22(14)21-11-15(2)16(3)13-26(21)4;1-14-9-10-20(26(4)13-14)22-16(3)11-15(2)21-18-12-17-7-5-6-8-19(17)25-24(18)27-23(21)22;1-14-9-10-26(4)20(11-14)22-16(3)12-15(2)21-18-13-17-7-5-6-8-19(17)25-24(18)27-23(21)22;1-14-12-15(2)21(19-10-6-7-11-25(19)3)22-20(14)17-13-16-8-4-5-9-18(16)24-23(17)26-22/h6-13H,1-5H3;3*5-13H,1-4H3;4-13H,1-3H3/q5*+1. The second-order valence-corrected chi connectivity index (χ2v) is 37.0. The van der Waals surface area contributed by atoms with E-state index in [1.807, 2.05) is 91.0 Å². The summed E-state index contributed by atoms with van der Waals surface area (Å²) in [5.41, 5.74) is 42.9. The first-order chi connectivity index (χ1) is 65.1. The smallest absolute Gasteiger partial charge is 0.227 e. The summed E-state index contributed by atoms with van der Waals surface area (Å²) in [7, 11) is 10.4. The quantitative estimate of drug-likeness (QED) is 0.152. The van der Waals surface area contributed by atoms with Crippen LogP contribution in [0.4, 0.5) is 0 Å². The second-order valence-electron chi connectivity index (χ2n) is 37.0. The Morgan fingerprint density at radius 2 is 0.496 bits per heavy atom. The van der Waals surface area contributed by atoms with Gasteiger partial charge in [0.25, 0.3) is 0 Å². The van der Waals surface area contributed by atoms with E-state index in [9.17, 15) is 0 Å². The van der Waals surface area contributed by atoms with Crippen LogP contribution in [0.15, 0.2) is 296 Å². The molecule has 660 valence electrons. The summed E-state index contributed by atoms with van der Waals surface area (Å²) in [6.07, 6.45) is 10.7. The maximum atomic E-state index is 6.41. The fraction of sp³-hybridized carbons (Fsp3) is 0.167. The van der Waals surface area contributed by atoms with Gasteiger partial charge in [-0.05, 0) is 243 Å². The third-order valence-corrected chi connectivity index (χ3v) is 27.3.